The highest BCUT2D eigenvalue weighted by atomic mass is 28.4. The second-order valence-electron chi connectivity index (χ2n) is 2.36. The van der Waals surface area contributed by atoms with E-state index in [9.17, 15) is 0 Å². The summed E-state index contributed by atoms with van der Waals surface area (Å²) >= 11 is 0. The van der Waals surface area contributed by atoms with Gasteiger partial charge in [-0.25, -0.2) is 0 Å². The molecule has 0 aliphatic rings. The minimum Gasteiger partial charge on any atom is -0.390 e. The largest absolute Gasteiger partial charge is 0.489 e. The van der Waals surface area contributed by atoms with Gasteiger partial charge < -0.3 is 14.4 Å². The monoisotopic (exact) mass is 132 g/mol. The van der Waals surface area contributed by atoms with Crippen LogP contribution in [0.15, 0.2) is 0 Å². The Labute approximate surface area is 50.8 Å². The molecule has 0 heterocycles. The minimum absolute atomic E-state index is 1.26. The third kappa shape index (κ3) is 1.96. The van der Waals surface area contributed by atoms with Crippen LogP contribution in [0.3, 0.4) is 0 Å². The molecular formula is C3H9BO3Si. The van der Waals surface area contributed by atoms with E-state index >= 15 is 0 Å². The summed E-state index contributed by atoms with van der Waals surface area (Å²) in [5, 5.41) is 0. The topological polar surface area (TPSA) is 60.7 Å². The van der Waals surface area contributed by atoms with Crippen molar-refractivity contribution < 1.29 is 14.4 Å². The van der Waals surface area contributed by atoms with Crippen LogP contribution < -0.4 is 0 Å². The third-order valence-corrected chi connectivity index (χ3v) is 2.59. The van der Waals surface area contributed by atoms with E-state index in [0.29, 0.717) is 0 Å². The maximum Gasteiger partial charge on any atom is 0.489 e. The molecule has 8 heavy (non-hydrogen) atoms. The van der Waals surface area contributed by atoms with E-state index in [2.05, 4.69) is 0 Å². The van der Waals surface area contributed by atoms with Crippen LogP contribution in [-0.4, -0.2) is 31.0 Å². The van der Waals surface area contributed by atoms with Crippen molar-refractivity contribution in [3.63, 3.8) is 0 Å². The molecule has 0 aromatic carbocycles. The number of rotatable bonds is 1. The van der Waals surface area contributed by atoms with Gasteiger partial charge in [0.25, 0.3) is 0 Å². The minimum atomic E-state index is -4.08. The summed E-state index contributed by atoms with van der Waals surface area (Å²) in [6.45, 7) is 2.72. The first-order chi connectivity index (χ1) is 3.25. The van der Waals surface area contributed by atoms with E-state index in [1.807, 2.05) is 0 Å². The van der Waals surface area contributed by atoms with Crippen molar-refractivity contribution in [3.05, 3.63) is 0 Å². The summed E-state index contributed by atoms with van der Waals surface area (Å²) in [7, 11) is 1.04. The summed E-state index contributed by atoms with van der Waals surface area (Å²) in [5.41, 5.74) is 0. The van der Waals surface area contributed by atoms with E-state index in [1.165, 1.54) is 13.8 Å². The lowest BCUT2D eigenvalue weighted by molar-refractivity contribution is 0.207. The van der Waals surface area contributed by atoms with Crippen LogP contribution in [0.4, 0.5) is 0 Å². The van der Waals surface area contributed by atoms with Crippen LogP contribution in [0.5, 0.6) is 0 Å². The summed E-state index contributed by atoms with van der Waals surface area (Å²) < 4.78 is 0. The number of hydrogen-bond donors (Lipinski definition) is 3. The quantitative estimate of drug-likeness (QED) is 0.393. The first kappa shape index (κ1) is 8.16. The molecule has 0 fully saturated rings. The molecule has 0 aliphatic heterocycles. The second kappa shape index (κ2) is 1.84. The highest BCUT2D eigenvalue weighted by Crippen LogP contribution is 2.25. The van der Waals surface area contributed by atoms with Gasteiger partial charge in [0, 0.05) is 0 Å². The Balaban J connectivity index is 4.02. The molecule has 0 unspecified atom stereocenters. The van der Waals surface area contributed by atoms with E-state index in [1.54, 1.807) is 0 Å². The van der Waals surface area contributed by atoms with E-state index < -0.39 is 13.7 Å². The molecule has 3 N–H and O–H groups in total. The first-order valence-electron chi connectivity index (χ1n) is 2.21. The Hall–Kier alpha value is 0.162. The fraction of sp³-hybridized carbons (Fsp3) is 1.00. The zero-order valence-electron chi connectivity index (χ0n) is 4.92. The van der Waals surface area contributed by atoms with Crippen LogP contribution in [-0.2, 0) is 0 Å². The van der Waals surface area contributed by atoms with Gasteiger partial charge in [-0.2, -0.15) is 0 Å². The van der Waals surface area contributed by atoms with Crippen molar-refractivity contribution in [2.24, 2.45) is 0 Å². The van der Waals surface area contributed by atoms with Gasteiger partial charge in [-0.3, -0.25) is 0 Å². The van der Waals surface area contributed by atoms with Crippen molar-refractivity contribution in [3.8, 4) is 0 Å². The molecule has 0 amide bonds. The molecule has 46 valence electrons. The van der Waals surface area contributed by atoms with Crippen molar-refractivity contribution in [2.75, 3.05) is 0 Å². The van der Waals surface area contributed by atoms with Crippen LogP contribution in [0, 0.1) is 0 Å². The van der Waals surface area contributed by atoms with Gasteiger partial charge in [0.05, 0.1) is 7.85 Å². The van der Waals surface area contributed by atoms with E-state index in [4.69, 9.17) is 22.2 Å². The highest BCUT2D eigenvalue weighted by molar-refractivity contribution is 6.68. The molecule has 0 rings (SSSR count). The van der Waals surface area contributed by atoms with E-state index in [0.717, 1.165) is 0 Å². The lowest BCUT2D eigenvalue weighted by Gasteiger charge is -2.24. The summed E-state index contributed by atoms with van der Waals surface area (Å²) in [5.74, 6) is 0. The summed E-state index contributed by atoms with van der Waals surface area (Å²) in [4.78, 5) is 24.2. The lowest BCUT2D eigenvalue weighted by atomic mass is 9.90. The zero-order chi connectivity index (χ0) is 7.00. The average molecular weight is 132 g/mol. The zero-order valence-corrected chi connectivity index (χ0v) is 5.92. The van der Waals surface area contributed by atoms with Gasteiger partial charge in [-0.05, 0) is 4.94 Å². The molecule has 0 bridgehead atoms. The second-order valence-corrected chi connectivity index (χ2v) is 4.92. The van der Waals surface area contributed by atoms with Crippen LogP contribution in [0.25, 0.3) is 0 Å². The van der Waals surface area contributed by atoms with Gasteiger partial charge >= 0.3 is 8.80 Å². The Morgan fingerprint density at radius 1 is 1.25 bits per heavy atom. The molecule has 3 nitrogen and oxygen atoms in total. The predicted octanol–water partition coefficient (Wildman–Crippen LogP) is -1.19. The predicted molar refractivity (Wildman–Crippen MR) is 32.2 cm³/mol. The Morgan fingerprint density at radius 2 is 1.38 bits per heavy atom. The molecule has 0 aliphatic carbocycles. The van der Waals surface area contributed by atoms with Crippen molar-refractivity contribution in [1.29, 1.82) is 0 Å². The number of hydrogen-bond acceptors (Lipinski definition) is 3. The van der Waals surface area contributed by atoms with Gasteiger partial charge in [0.15, 0.2) is 0 Å². The van der Waals surface area contributed by atoms with Gasteiger partial charge in [-0.15, -0.1) is 0 Å². The van der Waals surface area contributed by atoms with Gasteiger partial charge in [0.1, 0.15) is 0 Å². The molecule has 5 heteroatoms. The molecule has 0 saturated carbocycles. The molecule has 0 atom stereocenters. The van der Waals surface area contributed by atoms with Crippen molar-refractivity contribution >= 4 is 16.7 Å². The Morgan fingerprint density at radius 3 is 1.38 bits per heavy atom. The summed E-state index contributed by atoms with van der Waals surface area (Å²) in [6, 6.07) is 0. The average Bonchev–Trinajstić information content (AvgIpc) is 1.25. The van der Waals surface area contributed by atoms with Crippen molar-refractivity contribution in [1.82, 2.24) is 0 Å². The summed E-state index contributed by atoms with van der Waals surface area (Å²) in [6.07, 6.45) is 0. The van der Waals surface area contributed by atoms with Crippen LogP contribution in [0.2, 0.25) is 4.94 Å². The van der Waals surface area contributed by atoms with Crippen LogP contribution in [0.1, 0.15) is 13.8 Å². The normalized spacial score (nSPS) is 14.1. The lowest BCUT2D eigenvalue weighted by Crippen LogP contribution is -2.46. The SMILES string of the molecule is [B]C(C)(C)[Si](O)(O)O. The fourth-order valence-corrected chi connectivity index (χ4v) is 0. The highest BCUT2D eigenvalue weighted by Gasteiger charge is 2.41. The fourth-order valence-electron chi connectivity index (χ4n) is 0. The maximum atomic E-state index is 8.48. The van der Waals surface area contributed by atoms with Crippen molar-refractivity contribution in [2.45, 2.75) is 18.8 Å². The standard InChI is InChI=1S/C3H9BO3Si/c1-3(2,4)8(5,6)7/h5-7H,1-2H3. The Bertz CT molecular complexity index is 69.5. The first-order valence-corrected chi connectivity index (χ1v) is 4.05. The Kier molecular flexibility index (Phi) is 1.88. The molecule has 0 saturated heterocycles. The van der Waals surface area contributed by atoms with Gasteiger partial charge in [-0.1, -0.05) is 13.8 Å². The smallest absolute Gasteiger partial charge is 0.390 e. The van der Waals surface area contributed by atoms with E-state index in [-0.39, 0.29) is 0 Å². The van der Waals surface area contributed by atoms with Gasteiger partial charge in [0.2, 0.25) is 0 Å². The third-order valence-electron chi connectivity index (χ3n) is 0.864. The molecular weight excluding hydrogens is 123 g/mol. The molecule has 0 aromatic rings. The van der Waals surface area contributed by atoms with Crippen LogP contribution >= 0.6 is 0 Å². The molecule has 0 aromatic heterocycles. The molecule has 0 spiro atoms. The maximum absolute atomic E-state index is 8.48. The molecule has 2 radical (unpaired) electrons.